The van der Waals surface area contributed by atoms with Crippen molar-refractivity contribution >= 4 is 51.4 Å². The second-order valence-electron chi connectivity index (χ2n) is 18.5. The third-order valence-corrected chi connectivity index (χ3v) is 13.5. The summed E-state index contributed by atoms with van der Waals surface area (Å²) in [5, 5.41) is 2.58. The maximum absolute atomic E-state index is 14.2. The predicted molar refractivity (Wildman–Crippen MR) is 256 cm³/mol. The summed E-state index contributed by atoms with van der Waals surface area (Å²) in [4.78, 5) is 1.04. The van der Waals surface area contributed by atoms with Crippen LogP contribution in [-0.4, -0.2) is 6.15 Å². The van der Waals surface area contributed by atoms with Crippen LogP contribution in [-0.2, 0) is 62.4 Å². The maximum atomic E-state index is 14.2. The molecule has 0 saturated heterocycles. The molecule has 0 amide bonds. The van der Waals surface area contributed by atoms with Crippen LogP contribution in [0.25, 0.3) is 10.8 Å². The van der Waals surface area contributed by atoms with E-state index in [1.807, 2.05) is 6.07 Å². The summed E-state index contributed by atoms with van der Waals surface area (Å²) in [5.74, 6) is 0. The standard InChI is InChI=1S/C32H12BF24.C23H19NS/c34-25(35,36)13-1-14(26(37,38)39)6-21(5-13)33(22-7-15(27(40,41)42)2-16(8-22)28(43,44)45,23-9-17(29(46,47)48)3-18(10-23)30(49,50)51)24-11-19(31(52,53)54)4-20(12-24)32(55,56)57;25-23-13-7-5-11-20(23)16-22-21-12-6-4-10-19(21)14-15-24(22)17-18-8-2-1-3-9-18/h1-12H;1-15H,16-17H2/q-1;/p+1. The van der Waals surface area contributed by atoms with Crippen LogP contribution in [0, 0.1) is 0 Å². The van der Waals surface area contributed by atoms with Crippen LogP contribution in [0.4, 0.5) is 105 Å². The molecular weight excluding hydrogens is 1170 g/mol. The first-order chi connectivity index (χ1) is 37.6. The number of hydrogen-bond donors (Lipinski definition) is 1. The highest BCUT2D eigenvalue weighted by Gasteiger charge is 2.47. The third kappa shape index (κ3) is 13.9. The van der Waals surface area contributed by atoms with Gasteiger partial charge >= 0.3 is 49.4 Å². The van der Waals surface area contributed by atoms with E-state index in [4.69, 9.17) is 0 Å². The fourth-order valence-corrected chi connectivity index (χ4v) is 9.60. The summed E-state index contributed by atoms with van der Waals surface area (Å²) in [6, 6.07) is 21.0. The predicted octanol–water partition coefficient (Wildman–Crippen LogP) is 16.3. The molecule has 0 aliphatic carbocycles. The Kier molecular flexibility index (Phi) is 16.8. The molecule has 7 aromatic carbocycles. The molecule has 0 bridgehead atoms. The van der Waals surface area contributed by atoms with Gasteiger partial charge in [-0.1, -0.05) is 115 Å². The molecule has 1 nitrogen and oxygen atoms in total. The van der Waals surface area contributed by atoms with Gasteiger partial charge in [0, 0.05) is 21.9 Å². The van der Waals surface area contributed by atoms with Gasteiger partial charge in [-0.2, -0.15) is 132 Å². The number of fused-ring (bicyclic) bond motifs is 1. The molecule has 1 aromatic heterocycles. The number of rotatable bonds is 8. The Hall–Kier alpha value is -7.32. The quantitative estimate of drug-likeness (QED) is 0.0669. The van der Waals surface area contributed by atoms with Gasteiger partial charge in [-0.3, -0.25) is 0 Å². The van der Waals surface area contributed by atoms with Crippen LogP contribution >= 0.6 is 12.6 Å². The van der Waals surface area contributed by atoms with E-state index in [2.05, 4.69) is 102 Å². The number of pyridine rings is 1. The molecule has 0 fully saturated rings. The average Bonchev–Trinajstić information content (AvgIpc) is 1.95. The molecule has 82 heavy (non-hydrogen) atoms. The van der Waals surface area contributed by atoms with E-state index >= 15 is 0 Å². The highest BCUT2D eigenvalue weighted by molar-refractivity contribution is 7.80. The minimum Gasteiger partial charge on any atom is -0.197 e. The molecule has 27 heteroatoms. The van der Waals surface area contributed by atoms with Gasteiger partial charge in [0.05, 0.1) is 50.9 Å². The summed E-state index contributed by atoms with van der Waals surface area (Å²) in [7, 11) is 0. The van der Waals surface area contributed by atoms with Crippen molar-refractivity contribution in [3.8, 4) is 0 Å². The molecule has 0 spiro atoms. The number of halogens is 24. The summed E-state index contributed by atoms with van der Waals surface area (Å²) >= 11 is 4.65. The summed E-state index contributed by atoms with van der Waals surface area (Å²) in [6.07, 6.45) is -51.7. The number of benzene rings is 7. The van der Waals surface area contributed by atoms with E-state index in [-0.39, 0.29) is 0 Å². The van der Waals surface area contributed by atoms with Gasteiger partial charge in [-0.05, 0) is 47.3 Å². The van der Waals surface area contributed by atoms with Crippen LogP contribution in [0.5, 0.6) is 0 Å². The molecule has 0 aliphatic rings. The van der Waals surface area contributed by atoms with Crippen molar-refractivity contribution in [3.63, 3.8) is 0 Å². The van der Waals surface area contributed by atoms with Crippen molar-refractivity contribution in [2.24, 2.45) is 0 Å². The Morgan fingerprint density at radius 1 is 0.329 bits per heavy atom. The van der Waals surface area contributed by atoms with Crippen molar-refractivity contribution in [3.05, 3.63) is 225 Å². The second-order valence-corrected chi connectivity index (χ2v) is 19.0. The molecule has 434 valence electrons. The minimum atomic E-state index is -6.13. The molecule has 0 atom stereocenters. The smallest absolute Gasteiger partial charge is 0.197 e. The van der Waals surface area contributed by atoms with Crippen molar-refractivity contribution < 1.29 is 110 Å². The number of aromatic nitrogens is 1. The van der Waals surface area contributed by atoms with E-state index in [9.17, 15) is 105 Å². The fourth-order valence-electron chi connectivity index (χ4n) is 9.36. The third-order valence-electron chi connectivity index (χ3n) is 13.0. The molecule has 1 heterocycles. The summed E-state index contributed by atoms with van der Waals surface area (Å²) in [6.45, 7) is 0.871. The van der Waals surface area contributed by atoms with Gasteiger partial charge < -0.3 is 0 Å². The van der Waals surface area contributed by atoms with E-state index < -0.39 is 195 Å². The highest BCUT2D eigenvalue weighted by atomic mass is 32.1. The van der Waals surface area contributed by atoms with E-state index in [0.717, 1.165) is 17.9 Å². The van der Waals surface area contributed by atoms with Gasteiger partial charge in [0.15, 0.2) is 18.4 Å². The van der Waals surface area contributed by atoms with Crippen molar-refractivity contribution in [1.82, 2.24) is 0 Å². The first-order valence-corrected chi connectivity index (χ1v) is 23.6. The Bertz CT molecular complexity index is 3170. The number of nitrogens with zero attached hydrogens (tertiary/aromatic N) is 1. The Balaban J connectivity index is 0.000000318. The lowest BCUT2D eigenvalue weighted by Crippen LogP contribution is -2.75. The SMILES string of the molecule is FC(F)(F)c1cc([B-](c2cc(C(F)(F)F)cc(C(F)(F)F)c2)(c2cc(C(F)(F)F)cc(C(F)(F)F)c2)c2cc(C(F)(F)F)cc(C(F)(F)F)c2)cc(C(F)(F)F)c1.Sc1ccccc1Cc1c2ccccc2cc[n+]1Cc1ccccc1. The highest BCUT2D eigenvalue weighted by Crippen LogP contribution is 2.42. The summed E-state index contributed by atoms with van der Waals surface area (Å²) in [5.41, 5.74) is -26.3. The lowest BCUT2D eigenvalue weighted by molar-refractivity contribution is -0.693. The Morgan fingerprint density at radius 3 is 0.939 bits per heavy atom. The van der Waals surface area contributed by atoms with E-state index in [0.29, 0.717) is 0 Å². The number of thiol groups is 1. The van der Waals surface area contributed by atoms with Crippen LogP contribution < -0.4 is 26.4 Å². The van der Waals surface area contributed by atoms with Crippen LogP contribution in [0.2, 0.25) is 0 Å². The van der Waals surface area contributed by atoms with Gasteiger partial charge in [0.25, 0.3) is 0 Å². The second kappa shape index (κ2) is 22.1. The molecule has 0 aliphatic heterocycles. The monoisotopic (exact) mass is 1210 g/mol. The topological polar surface area (TPSA) is 3.88 Å². The zero-order valence-electron chi connectivity index (χ0n) is 40.5. The van der Waals surface area contributed by atoms with Crippen molar-refractivity contribution in [2.75, 3.05) is 0 Å². The van der Waals surface area contributed by atoms with E-state index in [1.165, 1.54) is 27.6 Å². The first-order valence-electron chi connectivity index (χ1n) is 23.1. The van der Waals surface area contributed by atoms with Gasteiger partial charge in [-0.25, -0.2) is 0 Å². The van der Waals surface area contributed by atoms with Gasteiger partial charge in [-0.15, -0.1) is 12.6 Å². The van der Waals surface area contributed by atoms with E-state index in [1.54, 1.807) is 0 Å². The number of hydrogen-bond acceptors (Lipinski definition) is 1. The molecule has 0 N–H and O–H groups in total. The first kappa shape index (κ1) is 62.3. The van der Waals surface area contributed by atoms with Gasteiger partial charge in [0.1, 0.15) is 6.15 Å². The lowest BCUT2D eigenvalue weighted by Gasteiger charge is -2.46. The zero-order chi connectivity index (χ0) is 61.0. The summed E-state index contributed by atoms with van der Waals surface area (Å²) < 4.78 is 343. The number of alkyl halides is 24. The zero-order valence-corrected chi connectivity index (χ0v) is 41.4. The fraction of sp³-hybridized carbons (Fsp3) is 0.182. The largest absolute Gasteiger partial charge is 0.416 e. The van der Waals surface area contributed by atoms with Crippen LogP contribution in [0.3, 0.4) is 0 Å². The maximum Gasteiger partial charge on any atom is 0.416 e. The Labute approximate surface area is 452 Å². The molecule has 0 radical (unpaired) electrons. The Morgan fingerprint density at radius 2 is 0.622 bits per heavy atom. The minimum absolute atomic E-state index is 0.691. The molecule has 8 aromatic rings. The molecule has 0 unspecified atom stereocenters. The molecule has 8 rings (SSSR count). The van der Waals surface area contributed by atoms with Gasteiger partial charge in [0.2, 0.25) is 0 Å². The van der Waals surface area contributed by atoms with Crippen LogP contribution in [0.15, 0.2) is 169 Å². The normalized spacial score (nSPS) is 13.3. The molecular formula is C55H32BF24NS. The van der Waals surface area contributed by atoms with Crippen molar-refractivity contribution in [1.29, 1.82) is 0 Å². The van der Waals surface area contributed by atoms with Crippen LogP contribution in [0.1, 0.15) is 61.3 Å². The average molecular weight is 1210 g/mol. The van der Waals surface area contributed by atoms with Crippen molar-refractivity contribution in [2.45, 2.75) is 67.3 Å². The molecule has 0 saturated carbocycles. The lowest BCUT2D eigenvalue weighted by atomic mass is 9.12.